The third-order valence-electron chi connectivity index (χ3n) is 4.69. The van der Waals surface area contributed by atoms with Crippen molar-refractivity contribution in [2.24, 2.45) is 23.7 Å². The summed E-state index contributed by atoms with van der Waals surface area (Å²) in [5.41, 5.74) is 0.514. The molecule has 3 rings (SSSR count). The van der Waals surface area contributed by atoms with Crippen molar-refractivity contribution in [2.45, 2.75) is 6.42 Å². The molecule has 0 radical (unpaired) electrons. The third-order valence-corrected chi connectivity index (χ3v) is 5.02. The second kappa shape index (κ2) is 6.28. The van der Waals surface area contributed by atoms with Gasteiger partial charge in [0.2, 0.25) is 5.91 Å². The van der Waals surface area contributed by atoms with Gasteiger partial charge in [0, 0.05) is 5.69 Å². The van der Waals surface area contributed by atoms with Gasteiger partial charge in [0.25, 0.3) is 0 Å². The summed E-state index contributed by atoms with van der Waals surface area (Å²) >= 11 is 5.95. The van der Waals surface area contributed by atoms with Crippen molar-refractivity contribution in [3.05, 3.63) is 40.9 Å². The van der Waals surface area contributed by atoms with Crippen LogP contribution in [0.4, 0.5) is 5.69 Å². The Morgan fingerprint density at radius 2 is 1.88 bits per heavy atom. The minimum absolute atomic E-state index is 0.0662. The molecule has 0 aliphatic heterocycles. The molecule has 1 aromatic rings. The first kappa shape index (κ1) is 16.5. The zero-order valence-electron chi connectivity index (χ0n) is 12.9. The highest BCUT2D eigenvalue weighted by molar-refractivity contribution is 6.33. The standard InChI is InChI=1S/C17H16ClNO5/c1-24-17(23)11-7-10(4-5-12(11)18)19-15(20)13-8-2-3-9(6-8)14(13)16(21)22/h2-5,7-9,13-14H,6H2,1H3,(H,19,20)(H,21,22)/t8-,9-,13-,14+/m0/s1. The number of hydrogen-bond donors (Lipinski definition) is 2. The lowest BCUT2D eigenvalue weighted by atomic mass is 9.82. The lowest BCUT2D eigenvalue weighted by Crippen LogP contribution is -2.36. The van der Waals surface area contributed by atoms with Gasteiger partial charge in [-0.15, -0.1) is 0 Å². The van der Waals surface area contributed by atoms with Crippen molar-refractivity contribution in [1.82, 2.24) is 0 Å². The molecular weight excluding hydrogens is 334 g/mol. The number of halogens is 1. The van der Waals surface area contributed by atoms with E-state index >= 15 is 0 Å². The van der Waals surface area contributed by atoms with E-state index in [1.165, 1.54) is 19.2 Å². The van der Waals surface area contributed by atoms with E-state index in [-0.39, 0.29) is 28.3 Å². The Morgan fingerprint density at radius 3 is 2.50 bits per heavy atom. The van der Waals surface area contributed by atoms with E-state index in [4.69, 9.17) is 11.6 Å². The molecule has 0 aromatic heterocycles. The molecular formula is C17H16ClNO5. The summed E-state index contributed by atoms with van der Waals surface area (Å²) in [5, 5.41) is 12.3. The van der Waals surface area contributed by atoms with Crippen LogP contribution in [0.1, 0.15) is 16.8 Å². The van der Waals surface area contributed by atoms with E-state index in [1.54, 1.807) is 6.07 Å². The second-order valence-corrected chi connectivity index (χ2v) is 6.42. The summed E-state index contributed by atoms with van der Waals surface area (Å²) in [4.78, 5) is 35.8. The van der Waals surface area contributed by atoms with Crippen LogP contribution in [0, 0.1) is 23.7 Å². The molecule has 2 bridgehead atoms. The minimum atomic E-state index is -0.960. The summed E-state index contributed by atoms with van der Waals surface area (Å²) in [5.74, 6) is -3.43. The highest BCUT2D eigenvalue weighted by Gasteiger charge is 2.51. The van der Waals surface area contributed by atoms with Crippen molar-refractivity contribution in [3.8, 4) is 0 Å². The van der Waals surface area contributed by atoms with Crippen LogP contribution in [0.2, 0.25) is 5.02 Å². The molecule has 2 aliphatic rings. The van der Waals surface area contributed by atoms with Crippen molar-refractivity contribution in [3.63, 3.8) is 0 Å². The molecule has 126 valence electrons. The number of benzene rings is 1. The van der Waals surface area contributed by atoms with Crippen molar-refractivity contribution in [2.75, 3.05) is 12.4 Å². The second-order valence-electron chi connectivity index (χ2n) is 6.01. The maximum Gasteiger partial charge on any atom is 0.339 e. The van der Waals surface area contributed by atoms with E-state index in [0.29, 0.717) is 12.1 Å². The van der Waals surface area contributed by atoms with Crippen molar-refractivity contribution in [1.29, 1.82) is 0 Å². The summed E-state index contributed by atoms with van der Waals surface area (Å²) in [6.45, 7) is 0. The van der Waals surface area contributed by atoms with Gasteiger partial charge >= 0.3 is 11.9 Å². The van der Waals surface area contributed by atoms with Crippen LogP contribution in [-0.4, -0.2) is 30.1 Å². The monoisotopic (exact) mass is 349 g/mol. The molecule has 1 aromatic carbocycles. The number of allylic oxidation sites excluding steroid dienone is 2. The number of esters is 1. The minimum Gasteiger partial charge on any atom is -0.481 e. The number of amides is 1. The average Bonchev–Trinajstić information content (AvgIpc) is 3.16. The van der Waals surface area contributed by atoms with Crippen LogP contribution >= 0.6 is 11.6 Å². The van der Waals surface area contributed by atoms with Crippen LogP contribution in [0.3, 0.4) is 0 Å². The van der Waals surface area contributed by atoms with E-state index in [1.807, 2.05) is 12.2 Å². The fraction of sp³-hybridized carbons (Fsp3) is 0.353. The number of fused-ring (bicyclic) bond motifs is 2. The first-order valence-electron chi connectivity index (χ1n) is 7.52. The molecule has 2 aliphatic carbocycles. The van der Waals surface area contributed by atoms with E-state index < -0.39 is 23.8 Å². The van der Waals surface area contributed by atoms with Gasteiger partial charge < -0.3 is 15.2 Å². The van der Waals surface area contributed by atoms with Crippen LogP contribution < -0.4 is 5.32 Å². The van der Waals surface area contributed by atoms with Crippen LogP contribution in [0.25, 0.3) is 0 Å². The molecule has 1 amide bonds. The Balaban J connectivity index is 1.81. The molecule has 7 heteroatoms. The van der Waals surface area contributed by atoms with Crippen LogP contribution in [-0.2, 0) is 14.3 Å². The number of methoxy groups -OCH3 is 1. The van der Waals surface area contributed by atoms with Gasteiger partial charge in [-0.25, -0.2) is 4.79 Å². The summed E-state index contributed by atoms with van der Waals surface area (Å²) in [6.07, 6.45) is 4.48. The number of carbonyl (C=O) groups is 3. The van der Waals surface area contributed by atoms with Crippen LogP contribution in [0.5, 0.6) is 0 Å². The maximum absolute atomic E-state index is 12.6. The highest BCUT2D eigenvalue weighted by Crippen LogP contribution is 2.48. The van der Waals surface area contributed by atoms with E-state index in [9.17, 15) is 19.5 Å². The largest absolute Gasteiger partial charge is 0.481 e. The highest BCUT2D eigenvalue weighted by atomic mass is 35.5. The Bertz CT molecular complexity index is 744. The normalized spacial score (nSPS) is 27.1. The fourth-order valence-corrected chi connectivity index (χ4v) is 3.81. The number of hydrogen-bond acceptors (Lipinski definition) is 4. The smallest absolute Gasteiger partial charge is 0.339 e. The third kappa shape index (κ3) is 2.78. The number of ether oxygens (including phenoxy) is 1. The van der Waals surface area contributed by atoms with Crippen molar-refractivity contribution >= 4 is 35.1 Å². The molecule has 24 heavy (non-hydrogen) atoms. The van der Waals surface area contributed by atoms with Gasteiger partial charge in [-0.1, -0.05) is 23.8 Å². The molecule has 4 atom stereocenters. The number of carboxylic acids is 1. The zero-order valence-corrected chi connectivity index (χ0v) is 13.6. The molecule has 1 fully saturated rings. The number of nitrogens with one attached hydrogen (secondary N) is 1. The number of carbonyl (C=O) groups excluding carboxylic acids is 2. The SMILES string of the molecule is COC(=O)c1cc(NC(=O)[C@@H]2[C@H](C(=O)O)[C@H]3C=C[C@H]2C3)ccc1Cl. The molecule has 0 saturated heterocycles. The molecule has 0 unspecified atom stereocenters. The fourth-order valence-electron chi connectivity index (χ4n) is 3.61. The lowest BCUT2D eigenvalue weighted by Gasteiger charge is -2.24. The zero-order chi connectivity index (χ0) is 17.4. The van der Waals surface area contributed by atoms with Gasteiger partial charge in [0.1, 0.15) is 0 Å². The summed E-state index contributed by atoms with van der Waals surface area (Å²) < 4.78 is 4.64. The number of carboxylic acid groups (broad SMARTS) is 1. The van der Waals surface area contributed by atoms with E-state index in [2.05, 4.69) is 10.1 Å². The topological polar surface area (TPSA) is 92.7 Å². The Morgan fingerprint density at radius 1 is 1.21 bits per heavy atom. The quantitative estimate of drug-likeness (QED) is 0.643. The Hall–Kier alpha value is -2.34. The van der Waals surface area contributed by atoms with Crippen LogP contribution in [0.15, 0.2) is 30.4 Å². The average molecular weight is 350 g/mol. The molecule has 1 saturated carbocycles. The molecule has 6 nitrogen and oxygen atoms in total. The predicted molar refractivity (Wildman–Crippen MR) is 86.8 cm³/mol. The van der Waals surface area contributed by atoms with E-state index in [0.717, 1.165) is 0 Å². The van der Waals surface area contributed by atoms with Gasteiger partial charge in [-0.3, -0.25) is 9.59 Å². The van der Waals surface area contributed by atoms with Crippen molar-refractivity contribution < 1.29 is 24.2 Å². The van der Waals surface area contributed by atoms with Gasteiger partial charge in [-0.05, 0) is 36.5 Å². The summed E-state index contributed by atoms with van der Waals surface area (Å²) in [7, 11) is 1.24. The number of rotatable bonds is 4. The summed E-state index contributed by atoms with van der Waals surface area (Å²) in [6, 6.07) is 4.47. The first-order valence-corrected chi connectivity index (χ1v) is 7.90. The van der Waals surface area contributed by atoms with Gasteiger partial charge in [0.05, 0.1) is 29.5 Å². The van der Waals surface area contributed by atoms with Gasteiger partial charge in [-0.2, -0.15) is 0 Å². The maximum atomic E-state index is 12.6. The predicted octanol–water partition coefficient (Wildman–Crippen LogP) is 2.59. The lowest BCUT2D eigenvalue weighted by molar-refractivity contribution is -0.146. The first-order chi connectivity index (χ1) is 11.4. The molecule has 0 spiro atoms. The van der Waals surface area contributed by atoms with Gasteiger partial charge in [0.15, 0.2) is 0 Å². The number of aliphatic carboxylic acids is 1. The Labute approximate surface area is 143 Å². The number of anilines is 1. The molecule has 0 heterocycles. The Kier molecular flexibility index (Phi) is 4.32. The molecule has 2 N–H and O–H groups in total.